The molecule has 2 radical (unpaired) electrons. The van der Waals surface area contributed by atoms with E-state index in [1.54, 1.807) is 0 Å². The lowest BCUT2D eigenvalue weighted by atomic mass is 9.87. The Morgan fingerprint density at radius 3 is 2.00 bits per heavy atom. The minimum Gasteiger partial charge on any atom is -0.0909 e. The van der Waals surface area contributed by atoms with Crippen LogP contribution in [0.15, 0.2) is 16.6 Å². The Kier molecular flexibility index (Phi) is 2.19. The van der Waals surface area contributed by atoms with E-state index >= 15 is 0 Å². The second-order valence-electron chi connectivity index (χ2n) is 2.45. The van der Waals surface area contributed by atoms with Gasteiger partial charge in [0.15, 0.2) is 0 Å². The van der Waals surface area contributed by atoms with Gasteiger partial charge in [-0.05, 0) is 26.0 Å². The van der Waals surface area contributed by atoms with Crippen LogP contribution in [0.2, 0.25) is 0 Å². The quantitative estimate of drug-likeness (QED) is 0.554. The van der Waals surface area contributed by atoms with Gasteiger partial charge in [-0.2, -0.15) is 0 Å². The fourth-order valence-corrected chi connectivity index (χ4v) is 1.61. The van der Waals surface area contributed by atoms with Gasteiger partial charge in [-0.3, -0.25) is 0 Å². The van der Waals surface area contributed by atoms with E-state index in [0.29, 0.717) is 0 Å². The molecule has 0 aromatic heterocycles. The number of rotatable bonds is 0. The Hall–Kier alpha value is -0.235. The fraction of sp³-hybridized carbons (Fsp3) is 0.250. The summed E-state index contributed by atoms with van der Waals surface area (Å²) >= 11 is 3.39. The highest BCUT2D eigenvalue weighted by molar-refractivity contribution is 9.10. The molecule has 1 rings (SSSR count). The lowest BCUT2D eigenvalue weighted by Gasteiger charge is -2.04. The van der Waals surface area contributed by atoms with Gasteiger partial charge in [0, 0.05) is 4.47 Å². The summed E-state index contributed by atoms with van der Waals surface area (Å²) in [5, 5.41) is 0. The molecule has 50 valence electrons. The molecule has 0 fully saturated rings. The summed E-state index contributed by atoms with van der Waals surface area (Å²) in [4.78, 5) is 0. The summed E-state index contributed by atoms with van der Waals surface area (Å²) in [7, 11) is 5.73. The van der Waals surface area contributed by atoms with E-state index in [4.69, 9.17) is 7.85 Å². The zero-order valence-corrected chi connectivity index (χ0v) is 7.70. The first kappa shape index (κ1) is 7.87. The van der Waals surface area contributed by atoms with Crippen LogP contribution in [0.3, 0.4) is 0 Å². The normalized spacial score (nSPS) is 9.90. The molecule has 0 spiro atoms. The van der Waals surface area contributed by atoms with Gasteiger partial charge in [0.05, 0.1) is 0 Å². The van der Waals surface area contributed by atoms with Gasteiger partial charge in [0.2, 0.25) is 0 Å². The molecule has 0 N–H and O–H groups in total. The summed E-state index contributed by atoms with van der Waals surface area (Å²) in [5.74, 6) is 0. The number of halogens is 1. The first-order valence-electron chi connectivity index (χ1n) is 3.13. The number of benzene rings is 1. The lowest BCUT2D eigenvalue weighted by molar-refractivity contribution is 1.41. The van der Waals surface area contributed by atoms with Crippen LogP contribution in [0, 0.1) is 13.8 Å². The molecule has 10 heavy (non-hydrogen) atoms. The van der Waals surface area contributed by atoms with Gasteiger partial charge in [-0.15, -0.1) is 0 Å². The molecule has 0 heterocycles. The predicted octanol–water partition coefficient (Wildman–Crippen LogP) is 1.86. The largest absolute Gasteiger partial charge is 0.114 e. The van der Waals surface area contributed by atoms with Crippen molar-refractivity contribution in [2.45, 2.75) is 13.8 Å². The smallest absolute Gasteiger partial charge is 0.0909 e. The molecular formula is C8H8BBr. The second-order valence-corrected chi connectivity index (χ2v) is 3.37. The van der Waals surface area contributed by atoms with Crippen molar-refractivity contribution in [3.05, 3.63) is 27.7 Å². The predicted molar refractivity (Wildman–Crippen MR) is 49.0 cm³/mol. The molecule has 0 aliphatic carbocycles. The number of hydrogen-bond acceptors (Lipinski definition) is 0. The molecule has 0 saturated carbocycles. The molecular weight excluding hydrogens is 187 g/mol. The van der Waals surface area contributed by atoms with E-state index in [0.717, 1.165) is 21.1 Å². The zero-order chi connectivity index (χ0) is 7.72. The van der Waals surface area contributed by atoms with E-state index in [1.807, 2.05) is 26.0 Å². The molecule has 2 heteroatoms. The van der Waals surface area contributed by atoms with Crippen molar-refractivity contribution in [1.29, 1.82) is 0 Å². The van der Waals surface area contributed by atoms with E-state index in [9.17, 15) is 0 Å². The zero-order valence-electron chi connectivity index (χ0n) is 6.11. The molecule has 1 aromatic rings. The van der Waals surface area contributed by atoms with Gasteiger partial charge >= 0.3 is 0 Å². The maximum absolute atomic E-state index is 5.73. The summed E-state index contributed by atoms with van der Waals surface area (Å²) in [6.07, 6.45) is 0. The highest BCUT2D eigenvalue weighted by Crippen LogP contribution is 2.11. The Balaban J connectivity index is 3.31. The molecule has 0 nitrogen and oxygen atoms in total. The van der Waals surface area contributed by atoms with Crippen molar-refractivity contribution < 1.29 is 0 Å². The maximum Gasteiger partial charge on any atom is 0.114 e. The highest BCUT2D eigenvalue weighted by Gasteiger charge is 1.96. The van der Waals surface area contributed by atoms with Crippen molar-refractivity contribution in [2.24, 2.45) is 0 Å². The first-order chi connectivity index (χ1) is 4.61. The monoisotopic (exact) mass is 194 g/mol. The average Bonchev–Trinajstić information content (AvgIpc) is 1.82. The van der Waals surface area contributed by atoms with E-state index in [1.165, 1.54) is 0 Å². The minimum absolute atomic E-state index is 0.892. The summed E-state index contributed by atoms with van der Waals surface area (Å²) in [6, 6.07) is 4.03. The van der Waals surface area contributed by atoms with Crippen LogP contribution in [-0.4, -0.2) is 7.85 Å². The van der Waals surface area contributed by atoms with Crippen LogP contribution in [0.1, 0.15) is 11.1 Å². The van der Waals surface area contributed by atoms with Crippen LogP contribution in [0.5, 0.6) is 0 Å². The Morgan fingerprint density at radius 1 is 1.20 bits per heavy atom. The van der Waals surface area contributed by atoms with Gasteiger partial charge in [0.25, 0.3) is 0 Å². The third-order valence-corrected chi connectivity index (χ3v) is 2.02. The van der Waals surface area contributed by atoms with E-state index < -0.39 is 0 Å². The van der Waals surface area contributed by atoms with E-state index in [2.05, 4.69) is 15.9 Å². The van der Waals surface area contributed by atoms with Gasteiger partial charge < -0.3 is 0 Å². The summed E-state index contributed by atoms with van der Waals surface area (Å²) < 4.78 is 1.09. The Labute approximate surface area is 71.2 Å². The van der Waals surface area contributed by atoms with Crippen molar-refractivity contribution >= 4 is 29.2 Å². The van der Waals surface area contributed by atoms with Crippen molar-refractivity contribution in [2.75, 3.05) is 0 Å². The minimum atomic E-state index is 0.892. The summed E-state index contributed by atoms with van der Waals surface area (Å²) in [6.45, 7) is 4.01. The van der Waals surface area contributed by atoms with Crippen LogP contribution in [0.25, 0.3) is 0 Å². The average molecular weight is 195 g/mol. The number of aryl methyl sites for hydroxylation is 2. The second kappa shape index (κ2) is 2.79. The molecule has 0 amide bonds. The first-order valence-corrected chi connectivity index (χ1v) is 3.93. The summed E-state index contributed by atoms with van der Waals surface area (Å²) in [5.41, 5.74) is 3.15. The standard InChI is InChI=1S/C8H8BBr/c1-5-3-7(10)4-6(2)8(5)9/h3-4H,1-2H3. The molecule has 0 atom stereocenters. The van der Waals surface area contributed by atoms with Gasteiger partial charge in [0.1, 0.15) is 7.85 Å². The molecule has 1 aromatic carbocycles. The highest BCUT2D eigenvalue weighted by atomic mass is 79.9. The molecule has 0 aliphatic rings. The fourth-order valence-electron chi connectivity index (χ4n) is 0.922. The Morgan fingerprint density at radius 2 is 1.60 bits per heavy atom. The van der Waals surface area contributed by atoms with Gasteiger partial charge in [-0.1, -0.05) is 32.5 Å². The van der Waals surface area contributed by atoms with Crippen LogP contribution in [-0.2, 0) is 0 Å². The van der Waals surface area contributed by atoms with Crippen molar-refractivity contribution in [1.82, 2.24) is 0 Å². The number of hydrogen-bond donors (Lipinski definition) is 0. The van der Waals surface area contributed by atoms with Gasteiger partial charge in [-0.25, -0.2) is 0 Å². The third kappa shape index (κ3) is 1.43. The van der Waals surface area contributed by atoms with Crippen LogP contribution >= 0.6 is 15.9 Å². The lowest BCUT2D eigenvalue weighted by Crippen LogP contribution is -2.10. The topological polar surface area (TPSA) is 0 Å². The van der Waals surface area contributed by atoms with Crippen molar-refractivity contribution in [3.8, 4) is 0 Å². The molecule has 0 aliphatic heterocycles. The molecule has 0 bridgehead atoms. The maximum atomic E-state index is 5.73. The Bertz CT molecular complexity index is 232. The van der Waals surface area contributed by atoms with Crippen LogP contribution in [0.4, 0.5) is 0 Å². The molecule has 0 unspecified atom stereocenters. The third-order valence-electron chi connectivity index (χ3n) is 1.56. The SMILES string of the molecule is [B]c1c(C)cc(Br)cc1C. The van der Waals surface area contributed by atoms with E-state index in [-0.39, 0.29) is 0 Å². The molecule has 0 saturated heterocycles. The van der Waals surface area contributed by atoms with Crippen LogP contribution < -0.4 is 5.46 Å². The van der Waals surface area contributed by atoms with Crippen molar-refractivity contribution in [3.63, 3.8) is 0 Å².